The highest BCUT2D eigenvalue weighted by Gasteiger charge is 2.09. The highest BCUT2D eigenvalue weighted by atomic mass is 35.5. The number of thioether (sulfide) groups is 1. The number of benzene rings is 1. The van der Waals surface area contributed by atoms with Crippen LogP contribution in [0.1, 0.15) is 5.56 Å². The number of hydrogen-bond acceptors (Lipinski definition) is 4. The van der Waals surface area contributed by atoms with Crippen LogP contribution in [-0.2, 0) is 13.2 Å². The Morgan fingerprint density at radius 1 is 1.29 bits per heavy atom. The van der Waals surface area contributed by atoms with E-state index in [1.807, 2.05) is 18.2 Å². The van der Waals surface area contributed by atoms with Gasteiger partial charge in [-0.2, -0.15) is 5.10 Å². The van der Waals surface area contributed by atoms with E-state index in [0.717, 1.165) is 0 Å². The van der Waals surface area contributed by atoms with E-state index < -0.39 is 0 Å². The third kappa shape index (κ3) is 4.23. The van der Waals surface area contributed by atoms with Crippen molar-refractivity contribution in [1.82, 2.24) is 14.7 Å². The van der Waals surface area contributed by atoms with Gasteiger partial charge in [0.05, 0.1) is 17.9 Å². The number of halogens is 2. The molecule has 0 N–H and O–H groups in total. The lowest BCUT2D eigenvalue weighted by molar-refractivity contribution is 0.240. The van der Waals surface area contributed by atoms with Gasteiger partial charge in [-0.1, -0.05) is 35.3 Å². The minimum absolute atomic E-state index is 0.00406. The van der Waals surface area contributed by atoms with E-state index in [9.17, 15) is 4.79 Å². The van der Waals surface area contributed by atoms with Crippen molar-refractivity contribution in [2.24, 2.45) is 0 Å². The van der Waals surface area contributed by atoms with Crippen LogP contribution in [-0.4, -0.2) is 28.0 Å². The molecule has 2 rings (SSSR count). The fourth-order valence-electron chi connectivity index (χ4n) is 1.87. The molecule has 0 aliphatic heterocycles. The summed E-state index contributed by atoms with van der Waals surface area (Å²) in [7, 11) is 1.92. The second kappa shape index (κ2) is 7.31. The van der Waals surface area contributed by atoms with Crippen molar-refractivity contribution in [3.8, 4) is 0 Å². The maximum atomic E-state index is 11.9. The molecule has 0 amide bonds. The molecular formula is C14H15Cl2N3OS. The van der Waals surface area contributed by atoms with Gasteiger partial charge in [-0.25, -0.2) is 4.68 Å². The summed E-state index contributed by atoms with van der Waals surface area (Å²) in [6, 6.07) is 8.32. The van der Waals surface area contributed by atoms with Crippen LogP contribution in [0.25, 0.3) is 0 Å². The maximum absolute atomic E-state index is 11.9. The first-order chi connectivity index (χ1) is 10.0. The van der Waals surface area contributed by atoms with E-state index in [4.69, 9.17) is 23.2 Å². The SMILES string of the molecule is CSc1ccc(CN(C)Cn2ncc(Cl)c(Cl)c2=O)cc1. The van der Waals surface area contributed by atoms with Gasteiger partial charge in [-0.15, -0.1) is 11.8 Å². The van der Waals surface area contributed by atoms with Crippen LogP contribution in [0.3, 0.4) is 0 Å². The van der Waals surface area contributed by atoms with Crippen molar-refractivity contribution in [2.75, 3.05) is 13.3 Å². The van der Waals surface area contributed by atoms with E-state index in [1.54, 1.807) is 11.8 Å². The minimum Gasteiger partial charge on any atom is -0.283 e. The molecule has 0 fully saturated rings. The monoisotopic (exact) mass is 343 g/mol. The Kier molecular flexibility index (Phi) is 5.70. The van der Waals surface area contributed by atoms with Gasteiger partial charge in [0.25, 0.3) is 5.56 Å². The van der Waals surface area contributed by atoms with Crippen LogP contribution in [0.2, 0.25) is 10.0 Å². The van der Waals surface area contributed by atoms with E-state index in [2.05, 4.69) is 29.4 Å². The predicted octanol–water partition coefficient (Wildman–Crippen LogP) is 3.36. The first-order valence-electron chi connectivity index (χ1n) is 6.24. The third-order valence-electron chi connectivity index (χ3n) is 2.93. The average Bonchev–Trinajstić information content (AvgIpc) is 2.49. The third-order valence-corrected chi connectivity index (χ3v) is 4.42. The number of aromatic nitrogens is 2. The molecule has 1 heterocycles. The molecule has 0 radical (unpaired) electrons. The molecule has 0 aliphatic carbocycles. The van der Waals surface area contributed by atoms with Crippen LogP contribution >= 0.6 is 35.0 Å². The van der Waals surface area contributed by atoms with Crippen LogP contribution in [0.15, 0.2) is 40.2 Å². The number of hydrogen-bond donors (Lipinski definition) is 0. The molecule has 0 spiro atoms. The zero-order valence-electron chi connectivity index (χ0n) is 11.7. The fourth-order valence-corrected chi connectivity index (χ4v) is 2.55. The van der Waals surface area contributed by atoms with Gasteiger partial charge >= 0.3 is 0 Å². The van der Waals surface area contributed by atoms with Gasteiger partial charge < -0.3 is 0 Å². The quantitative estimate of drug-likeness (QED) is 0.780. The molecule has 0 saturated carbocycles. The second-order valence-electron chi connectivity index (χ2n) is 4.61. The van der Waals surface area contributed by atoms with Gasteiger partial charge in [0.1, 0.15) is 5.02 Å². The lowest BCUT2D eigenvalue weighted by Crippen LogP contribution is -2.31. The van der Waals surface area contributed by atoms with Crippen LogP contribution in [0.4, 0.5) is 0 Å². The van der Waals surface area contributed by atoms with Crippen LogP contribution in [0.5, 0.6) is 0 Å². The molecule has 1 aromatic heterocycles. The molecule has 1 aromatic carbocycles. The summed E-state index contributed by atoms with van der Waals surface area (Å²) < 4.78 is 1.30. The van der Waals surface area contributed by atoms with Gasteiger partial charge in [0, 0.05) is 11.4 Å². The van der Waals surface area contributed by atoms with Crippen molar-refractivity contribution in [2.45, 2.75) is 18.1 Å². The van der Waals surface area contributed by atoms with E-state index >= 15 is 0 Å². The fraction of sp³-hybridized carbons (Fsp3) is 0.286. The van der Waals surface area contributed by atoms with Gasteiger partial charge in [-0.3, -0.25) is 9.69 Å². The zero-order chi connectivity index (χ0) is 15.4. The summed E-state index contributed by atoms with van der Waals surface area (Å²) >= 11 is 13.3. The minimum atomic E-state index is -0.381. The Labute approximate surface area is 137 Å². The zero-order valence-corrected chi connectivity index (χ0v) is 14.0. The molecule has 2 aromatic rings. The molecule has 0 atom stereocenters. The normalized spacial score (nSPS) is 11.1. The molecule has 112 valence electrons. The molecule has 7 heteroatoms. The van der Waals surface area contributed by atoms with Crippen molar-refractivity contribution < 1.29 is 0 Å². The smallest absolute Gasteiger partial charge is 0.283 e. The van der Waals surface area contributed by atoms with Crippen LogP contribution in [0, 0.1) is 0 Å². The Hall–Kier alpha value is -1.01. The van der Waals surface area contributed by atoms with Gasteiger partial charge in [0.2, 0.25) is 0 Å². The number of nitrogens with zero attached hydrogens (tertiary/aromatic N) is 3. The highest BCUT2D eigenvalue weighted by Crippen LogP contribution is 2.16. The lowest BCUT2D eigenvalue weighted by Gasteiger charge is -2.17. The molecule has 0 aliphatic rings. The largest absolute Gasteiger partial charge is 0.288 e. The molecule has 0 bridgehead atoms. The van der Waals surface area contributed by atoms with Crippen LogP contribution < -0.4 is 5.56 Å². The first-order valence-corrected chi connectivity index (χ1v) is 8.22. The first kappa shape index (κ1) is 16.4. The summed E-state index contributed by atoms with van der Waals surface area (Å²) in [6.45, 7) is 1.06. The summed E-state index contributed by atoms with van der Waals surface area (Å²) in [6.07, 6.45) is 3.43. The summed E-state index contributed by atoms with van der Waals surface area (Å²) in [4.78, 5) is 15.1. The molecule has 4 nitrogen and oxygen atoms in total. The summed E-state index contributed by atoms with van der Waals surface area (Å²) in [5.74, 6) is 0. The molecule has 0 unspecified atom stereocenters. The summed E-state index contributed by atoms with van der Waals surface area (Å²) in [5, 5.41) is 4.17. The highest BCUT2D eigenvalue weighted by molar-refractivity contribution is 7.98. The number of rotatable bonds is 5. The topological polar surface area (TPSA) is 38.1 Å². The average molecular weight is 344 g/mol. The summed E-state index contributed by atoms with van der Waals surface area (Å²) in [5.41, 5.74) is 0.789. The molecule has 21 heavy (non-hydrogen) atoms. The van der Waals surface area contributed by atoms with Gasteiger partial charge in [-0.05, 0) is 31.0 Å². The Morgan fingerprint density at radius 3 is 2.57 bits per heavy atom. The predicted molar refractivity (Wildman–Crippen MR) is 88.2 cm³/mol. The Balaban J connectivity index is 2.06. The maximum Gasteiger partial charge on any atom is 0.288 e. The van der Waals surface area contributed by atoms with E-state index in [0.29, 0.717) is 13.2 Å². The second-order valence-corrected chi connectivity index (χ2v) is 6.28. The van der Waals surface area contributed by atoms with E-state index in [1.165, 1.54) is 21.3 Å². The molecular weight excluding hydrogens is 329 g/mol. The Morgan fingerprint density at radius 2 is 1.95 bits per heavy atom. The Bertz CT molecular complexity index is 673. The molecule has 0 saturated heterocycles. The van der Waals surface area contributed by atoms with Crippen molar-refractivity contribution in [3.63, 3.8) is 0 Å². The van der Waals surface area contributed by atoms with Crippen molar-refractivity contribution in [1.29, 1.82) is 0 Å². The van der Waals surface area contributed by atoms with E-state index in [-0.39, 0.29) is 15.6 Å². The van der Waals surface area contributed by atoms with Gasteiger partial charge in [0.15, 0.2) is 0 Å². The van der Waals surface area contributed by atoms with Crippen molar-refractivity contribution >= 4 is 35.0 Å². The standard InChI is InChI=1S/C14H15Cl2N3OS/c1-18(8-10-3-5-11(21-2)6-4-10)9-19-14(20)13(16)12(15)7-17-19/h3-7H,8-9H2,1-2H3. The lowest BCUT2D eigenvalue weighted by atomic mass is 10.2. The van der Waals surface area contributed by atoms with Crippen molar-refractivity contribution in [3.05, 3.63) is 56.4 Å².